The quantitative estimate of drug-likeness (QED) is 0.0900. The zero-order valence-electron chi connectivity index (χ0n) is 32.5. The molecule has 5 aliphatic carbocycles. The number of carbonyl (C=O) groups is 4. The highest BCUT2D eigenvalue weighted by Gasteiger charge is 2.70. The molecule has 0 radical (unpaired) electrons. The molecule has 0 N–H and O–H groups in total. The lowest BCUT2D eigenvalue weighted by Gasteiger charge is -2.69. The van der Waals surface area contributed by atoms with Gasteiger partial charge in [-0.2, -0.15) is 0 Å². The molecule has 0 aromatic carbocycles. The predicted molar refractivity (Wildman–Crippen MR) is 200 cm³/mol. The molecule has 0 amide bonds. The van der Waals surface area contributed by atoms with Crippen LogP contribution in [0.4, 0.5) is 0 Å². The van der Waals surface area contributed by atoms with Crippen molar-refractivity contribution in [3.63, 3.8) is 0 Å². The van der Waals surface area contributed by atoms with Gasteiger partial charge in [-0.1, -0.05) is 70.2 Å². The molecular weight excluding hydrogens is 763 g/mol. The molecule has 6 aliphatic rings. The van der Waals surface area contributed by atoms with E-state index in [-0.39, 0.29) is 56.8 Å². The second-order valence-corrected chi connectivity index (χ2v) is 20.0. The molecule has 13 atom stereocenters. The third-order valence-corrected chi connectivity index (χ3v) is 16.5. The largest absolute Gasteiger partial charge is 0.468 e. The molecule has 4 fully saturated rings. The molecule has 1 heterocycles. The Bertz CT molecular complexity index is 1550. The lowest BCUT2D eigenvalue weighted by molar-refractivity contribution is -0.287. The Morgan fingerprint density at radius 2 is 1.47 bits per heavy atom. The van der Waals surface area contributed by atoms with Gasteiger partial charge in [0, 0.05) is 19.8 Å². The fourth-order valence-corrected chi connectivity index (χ4v) is 13.0. The number of alkyl halides is 1. The maximum Gasteiger partial charge on any atom is 0.315 e. The van der Waals surface area contributed by atoms with E-state index in [1.54, 1.807) is 0 Å². The third kappa shape index (κ3) is 5.89. The van der Waals surface area contributed by atoms with Crippen molar-refractivity contribution >= 4 is 46.3 Å². The van der Waals surface area contributed by atoms with Crippen LogP contribution in [-0.4, -0.2) is 65.4 Å². The molecule has 0 spiro atoms. The maximum absolute atomic E-state index is 14.8. The summed E-state index contributed by atoms with van der Waals surface area (Å²) in [5, 5.41) is 0. The smallest absolute Gasteiger partial charge is 0.315 e. The van der Waals surface area contributed by atoms with Crippen molar-refractivity contribution in [3.05, 3.63) is 23.3 Å². The van der Waals surface area contributed by atoms with Crippen molar-refractivity contribution in [1.29, 1.82) is 0 Å². The van der Waals surface area contributed by atoms with E-state index in [9.17, 15) is 19.2 Å². The Balaban J connectivity index is 1.30. The molecule has 0 bridgehead atoms. The third-order valence-electron chi connectivity index (χ3n) is 15.2. The zero-order valence-corrected chi connectivity index (χ0v) is 34.6. The van der Waals surface area contributed by atoms with Crippen molar-refractivity contribution in [2.24, 2.45) is 44.3 Å². The van der Waals surface area contributed by atoms with Crippen LogP contribution in [0.1, 0.15) is 121 Å². The molecule has 6 rings (SSSR count). The average Bonchev–Trinajstić information content (AvgIpc) is 3.03. The summed E-state index contributed by atoms with van der Waals surface area (Å²) in [6, 6.07) is 0. The van der Waals surface area contributed by atoms with Gasteiger partial charge in [-0.3, -0.25) is 19.2 Å². The molecule has 284 valence electrons. The monoisotopic (exact) mass is 822 g/mol. The Hall–Kier alpha value is -1.79. The zero-order chi connectivity index (χ0) is 37.7. The molecule has 51 heavy (non-hydrogen) atoms. The number of hydrogen-bond acceptors (Lipinski definition) is 9. The van der Waals surface area contributed by atoms with E-state index < -0.39 is 45.9 Å². The van der Waals surface area contributed by atoms with Crippen LogP contribution in [0.2, 0.25) is 0 Å². The predicted octanol–water partition coefficient (Wildman–Crippen LogP) is 7.86. The number of esters is 3. The fourth-order valence-electron chi connectivity index (χ4n) is 12.1. The summed E-state index contributed by atoms with van der Waals surface area (Å²) in [5.74, 6) is -0.814. The van der Waals surface area contributed by atoms with Gasteiger partial charge in [0.2, 0.25) is 0 Å². The number of halogens is 1. The normalized spacial score (nSPS) is 47.3. The minimum Gasteiger partial charge on any atom is -0.468 e. The van der Waals surface area contributed by atoms with Crippen molar-refractivity contribution in [3.8, 4) is 0 Å². The highest BCUT2D eigenvalue weighted by molar-refractivity contribution is 14.1. The summed E-state index contributed by atoms with van der Waals surface area (Å²) in [7, 11) is 1.46. The molecule has 0 unspecified atom stereocenters. The van der Waals surface area contributed by atoms with E-state index in [1.807, 2.05) is 19.9 Å². The van der Waals surface area contributed by atoms with Gasteiger partial charge >= 0.3 is 17.9 Å². The number of hydrogen-bond donors (Lipinski definition) is 0. The van der Waals surface area contributed by atoms with Crippen molar-refractivity contribution < 1.29 is 42.9 Å². The van der Waals surface area contributed by atoms with Gasteiger partial charge in [0.1, 0.15) is 3.92 Å². The average molecular weight is 823 g/mol. The van der Waals surface area contributed by atoms with Crippen LogP contribution in [-0.2, 0) is 42.9 Å². The van der Waals surface area contributed by atoms with Crippen molar-refractivity contribution in [2.75, 3.05) is 7.11 Å². The van der Waals surface area contributed by atoms with Gasteiger partial charge < -0.3 is 23.7 Å². The number of fused-ring (bicyclic) bond motifs is 7. The van der Waals surface area contributed by atoms with Gasteiger partial charge in [-0.25, -0.2) is 0 Å². The van der Waals surface area contributed by atoms with E-state index in [0.29, 0.717) is 0 Å². The molecule has 0 aromatic rings. The Kier molecular flexibility index (Phi) is 9.86. The van der Waals surface area contributed by atoms with Crippen LogP contribution in [0.3, 0.4) is 0 Å². The number of allylic oxidation sites excluding steroid dienone is 3. The highest BCUT2D eigenvalue weighted by atomic mass is 127. The number of ketones is 1. The minimum atomic E-state index is -0.736. The lowest BCUT2D eigenvalue weighted by Crippen LogP contribution is -2.66. The number of rotatable bonds is 5. The van der Waals surface area contributed by atoms with Crippen LogP contribution in [0, 0.1) is 44.3 Å². The second-order valence-electron chi connectivity index (χ2n) is 18.6. The van der Waals surface area contributed by atoms with Crippen LogP contribution in [0.25, 0.3) is 0 Å². The topological polar surface area (TPSA) is 114 Å². The SMILES string of the molecule is COC(=O)[C@]1(C)C=C2C3=CC(=O)[C@@H]4[C@@]5(C)CC[C@H](O[C@@H]6O[C@@H](C)[C@H](OC(C)=O)[C@@H](OC(C)=O)[C@H]6I)C(C)(C)[C@@H]5CC[C@@]4(C)[C@]3(C)CC[C@@]2(C)CC1. The van der Waals surface area contributed by atoms with Gasteiger partial charge in [0.15, 0.2) is 24.3 Å². The van der Waals surface area contributed by atoms with E-state index in [2.05, 4.69) is 70.2 Å². The Labute approximate surface area is 317 Å². The van der Waals surface area contributed by atoms with E-state index in [4.69, 9.17) is 23.7 Å². The highest BCUT2D eigenvalue weighted by Crippen LogP contribution is 2.74. The minimum absolute atomic E-state index is 0.0667. The number of carbonyl (C=O) groups excluding carboxylic acids is 4. The summed E-state index contributed by atoms with van der Waals surface area (Å²) in [6.45, 7) is 20.5. The van der Waals surface area contributed by atoms with Crippen LogP contribution in [0.5, 0.6) is 0 Å². The summed E-state index contributed by atoms with van der Waals surface area (Å²) < 4.78 is 29.4. The van der Waals surface area contributed by atoms with E-state index in [0.717, 1.165) is 56.9 Å². The van der Waals surface area contributed by atoms with Crippen molar-refractivity contribution in [2.45, 2.75) is 155 Å². The first-order chi connectivity index (χ1) is 23.6. The van der Waals surface area contributed by atoms with Gasteiger partial charge in [-0.05, 0) is 115 Å². The van der Waals surface area contributed by atoms with Gasteiger partial charge in [0.25, 0.3) is 0 Å². The molecule has 10 heteroatoms. The maximum atomic E-state index is 14.8. The lowest BCUT2D eigenvalue weighted by atomic mass is 9.34. The fraction of sp³-hybridized carbons (Fsp3) is 0.805. The first-order valence-electron chi connectivity index (χ1n) is 19.0. The van der Waals surface area contributed by atoms with Crippen LogP contribution < -0.4 is 0 Å². The molecule has 9 nitrogen and oxygen atoms in total. The standard InChI is InChI=1S/C41H59IO9/c1-22-31(49-23(2)43)32(50-24(3)44)30(42)34(48-22)51-29-13-14-39(8)28(36(29,4)5)12-15-41(10)33(39)27(45)20-25-26-21-38(7,35(46)47-11)17-16-37(26,6)18-19-40(25,41)9/h20-22,28-34H,12-19H2,1-11H3/t22-,28-,29-,30+,31-,32-,33+,34-,37+,38-,39-,40+,41+/m0/s1. The van der Waals surface area contributed by atoms with Gasteiger partial charge in [-0.15, -0.1) is 0 Å². The summed E-state index contributed by atoms with van der Waals surface area (Å²) in [5.41, 5.74) is 0.584. The summed E-state index contributed by atoms with van der Waals surface area (Å²) in [4.78, 5) is 51.9. The molecule has 0 aromatic heterocycles. The van der Waals surface area contributed by atoms with Gasteiger partial charge in [0.05, 0.1) is 24.7 Å². The Morgan fingerprint density at radius 3 is 2.10 bits per heavy atom. The summed E-state index contributed by atoms with van der Waals surface area (Å²) >= 11 is 2.20. The van der Waals surface area contributed by atoms with Crippen LogP contribution in [0.15, 0.2) is 23.3 Å². The first-order valence-corrected chi connectivity index (χ1v) is 20.2. The van der Waals surface area contributed by atoms with E-state index >= 15 is 0 Å². The molecule has 1 saturated heterocycles. The number of ether oxygens (including phenoxy) is 5. The molecular formula is C41H59IO9. The van der Waals surface area contributed by atoms with E-state index in [1.165, 1.54) is 26.5 Å². The molecule has 3 saturated carbocycles. The van der Waals surface area contributed by atoms with Crippen molar-refractivity contribution in [1.82, 2.24) is 0 Å². The second kappa shape index (κ2) is 12.9. The Morgan fingerprint density at radius 1 is 0.843 bits per heavy atom. The first kappa shape index (κ1) is 38.9. The van der Waals surface area contributed by atoms with Crippen LogP contribution >= 0.6 is 22.6 Å². The number of methoxy groups -OCH3 is 1. The summed E-state index contributed by atoms with van der Waals surface area (Å²) in [6.07, 6.45) is 8.55. The molecule has 1 aliphatic heterocycles.